The minimum absolute atomic E-state index is 0.0449. The molecule has 12 nitrogen and oxygen atoms in total. The molecule has 1 rings (SSSR count). The summed E-state index contributed by atoms with van der Waals surface area (Å²) < 4.78 is 59.2. The van der Waals surface area contributed by atoms with Gasteiger partial charge in [-0.15, -0.1) is 0 Å². The molecule has 0 aromatic carbocycles. The summed E-state index contributed by atoms with van der Waals surface area (Å²) in [4.78, 5) is 12.9. The zero-order valence-electron chi connectivity index (χ0n) is 38.3. The Hall–Kier alpha value is -0.900. The van der Waals surface area contributed by atoms with Gasteiger partial charge in [0.25, 0.3) is 0 Å². The van der Waals surface area contributed by atoms with Crippen LogP contribution in [0.4, 0.5) is 0 Å². The minimum atomic E-state index is -5.06. The first-order chi connectivity index (χ1) is 29.1. The Kier molecular flexibility index (Phi) is 37.8. The number of aliphatic hydroxyl groups excluding tert-OH is 3. The molecule has 1 heterocycles. The van der Waals surface area contributed by atoms with E-state index in [0.29, 0.717) is 13.0 Å². The number of esters is 1. The summed E-state index contributed by atoms with van der Waals surface area (Å²) in [6, 6.07) is 0. The van der Waals surface area contributed by atoms with Crippen LogP contribution in [0.1, 0.15) is 232 Å². The Morgan fingerprint density at radius 1 is 0.567 bits per heavy atom. The van der Waals surface area contributed by atoms with E-state index in [1.807, 2.05) is 0 Å². The van der Waals surface area contributed by atoms with Gasteiger partial charge in [-0.3, -0.25) is 9.35 Å². The van der Waals surface area contributed by atoms with Crippen molar-refractivity contribution in [3.63, 3.8) is 0 Å². The van der Waals surface area contributed by atoms with Gasteiger partial charge in [-0.2, -0.15) is 8.42 Å². The molecule has 0 radical (unpaired) electrons. The SMILES string of the molecule is CCCCCCCCCCCCCCCCCCCCC(=O)OC(COCCCCCCCCCCCCCCCCC)COC1OC(CO)C(O)C(OS(=O)(=O)O)C1O. The van der Waals surface area contributed by atoms with Gasteiger partial charge in [0.05, 0.1) is 19.8 Å². The van der Waals surface area contributed by atoms with Gasteiger partial charge in [-0.1, -0.05) is 213 Å². The monoisotopic (exact) mass is 881 g/mol. The highest BCUT2D eigenvalue weighted by atomic mass is 32.3. The summed E-state index contributed by atoms with van der Waals surface area (Å²) in [7, 11) is -5.06. The Labute approximate surface area is 366 Å². The second-order valence-corrected chi connectivity index (χ2v) is 18.5. The summed E-state index contributed by atoms with van der Waals surface area (Å²) in [5, 5.41) is 30.7. The topological polar surface area (TPSA) is 178 Å². The fourth-order valence-corrected chi connectivity index (χ4v) is 8.48. The molecule has 0 spiro atoms. The molecule has 1 aliphatic rings. The molecule has 6 unspecified atom stereocenters. The van der Waals surface area contributed by atoms with Crippen molar-refractivity contribution in [2.45, 2.75) is 269 Å². The van der Waals surface area contributed by atoms with Gasteiger partial charge in [0.15, 0.2) is 6.29 Å². The van der Waals surface area contributed by atoms with Crippen molar-refractivity contribution in [1.29, 1.82) is 0 Å². The summed E-state index contributed by atoms with van der Waals surface area (Å²) in [6.45, 7) is 4.05. The second kappa shape index (κ2) is 39.7. The first-order valence-corrected chi connectivity index (χ1v) is 26.2. The minimum Gasteiger partial charge on any atom is -0.457 e. The van der Waals surface area contributed by atoms with Crippen molar-refractivity contribution in [3.05, 3.63) is 0 Å². The highest BCUT2D eigenvalue weighted by Gasteiger charge is 2.48. The zero-order chi connectivity index (χ0) is 43.9. The van der Waals surface area contributed by atoms with E-state index in [1.165, 1.54) is 167 Å². The number of carbonyl (C=O) groups is 1. The Bertz CT molecular complexity index is 1060. The van der Waals surface area contributed by atoms with Gasteiger partial charge in [0.1, 0.15) is 30.5 Å². The van der Waals surface area contributed by atoms with Crippen LogP contribution in [0.2, 0.25) is 0 Å². The lowest BCUT2D eigenvalue weighted by Gasteiger charge is -2.41. The number of ether oxygens (including phenoxy) is 4. The van der Waals surface area contributed by atoms with Crippen molar-refractivity contribution < 1.29 is 56.2 Å². The maximum absolute atomic E-state index is 12.9. The van der Waals surface area contributed by atoms with Crippen molar-refractivity contribution in [3.8, 4) is 0 Å². The van der Waals surface area contributed by atoms with Crippen molar-refractivity contribution in [2.24, 2.45) is 0 Å². The molecular weight excluding hydrogens is 789 g/mol. The van der Waals surface area contributed by atoms with Crippen LogP contribution in [0.5, 0.6) is 0 Å². The average Bonchev–Trinajstić information content (AvgIpc) is 3.22. The van der Waals surface area contributed by atoms with Crippen LogP contribution < -0.4 is 0 Å². The van der Waals surface area contributed by atoms with Gasteiger partial charge in [0, 0.05) is 13.0 Å². The Balaban J connectivity index is 2.36. The van der Waals surface area contributed by atoms with E-state index in [9.17, 15) is 33.1 Å². The van der Waals surface area contributed by atoms with E-state index in [2.05, 4.69) is 18.0 Å². The van der Waals surface area contributed by atoms with Crippen LogP contribution in [0.25, 0.3) is 0 Å². The molecule has 0 saturated carbocycles. The van der Waals surface area contributed by atoms with Gasteiger partial charge in [-0.25, -0.2) is 4.18 Å². The highest BCUT2D eigenvalue weighted by molar-refractivity contribution is 7.80. The Morgan fingerprint density at radius 2 is 0.950 bits per heavy atom. The number of hydrogen-bond acceptors (Lipinski definition) is 11. The van der Waals surface area contributed by atoms with E-state index in [-0.39, 0.29) is 19.6 Å². The van der Waals surface area contributed by atoms with Gasteiger partial charge in [-0.05, 0) is 12.8 Å². The summed E-state index contributed by atoms with van der Waals surface area (Å²) in [5.74, 6) is -0.392. The van der Waals surface area contributed by atoms with Crippen LogP contribution in [-0.2, 0) is 38.3 Å². The molecule has 0 aromatic heterocycles. The van der Waals surface area contributed by atoms with Crippen molar-refractivity contribution in [2.75, 3.05) is 26.4 Å². The maximum atomic E-state index is 12.9. The fraction of sp³-hybridized carbons (Fsp3) is 0.979. The van der Waals surface area contributed by atoms with Crippen molar-refractivity contribution in [1.82, 2.24) is 0 Å². The molecule has 4 N–H and O–H groups in total. The number of aliphatic hydroxyl groups is 3. The van der Waals surface area contributed by atoms with Gasteiger partial charge >= 0.3 is 16.4 Å². The first kappa shape index (κ1) is 57.1. The molecule has 0 bridgehead atoms. The van der Waals surface area contributed by atoms with Crippen LogP contribution in [0.3, 0.4) is 0 Å². The lowest BCUT2D eigenvalue weighted by Crippen LogP contribution is -2.60. The summed E-state index contributed by atoms with van der Waals surface area (Å²) >= 11 is 0. The van der Waals surface area contributed by atoms with Gasteiger partial charge in [0.2, 0.25) is 0 Å². The van der Waals surface area contributed by atoms with Crippen molar-refractivity contribution >= 4 is 16.4 Å². The van der Waals surface area contributed by atoms with E-state index in [4.69, 9.17) is 18.9 Å². The molecule has 0 aromatic rings. The average molecular weight is 881 g/mol. The number of unbranched alkanes of at least 4 members (excludes halogenated alkanes) is 31. The maximum Gasteiger partial charge on any atom is 0.397 e. The van der Waals surface area contributed by atoms with Crippen LogP contribution in [0, 0.1) is 0 Å². The van der Waals surface area contributed by atoms with Crippen LogP contribution >= 0.6 is 0 Å². The fourth-order valence-electron chi connectivity index (χ4n) is 7.97. The lowest BCUT2D eigenvalue weighted by atomic mass is 9.99. The van der Waals surface area contributed by atoms with Crippen LogP contribution in [0.15, 0.2) is 0 Å². The third kappa shape index (κ3) is 32.7. The predicted octanol–water partition coefficient (Wildman–Crippen LogP) is 10.9. The largest absolute Gasteiger partial charge is 0.457 e. The summed E-state index contributed by atoms with van der Waals surface area (Å²) in [5.41, 5.74) is 0. The van der Waals surface area contributed by atoms with E-state index >= 15 is 0 Å². The quantitative estimate of drug-likeness (QED) is 0.0259. The number of carbonyl (C=O) groups excluding carboxylic acids is 1. The van der Waals surface area contributed by atoms with Crippen LogP contribution in [-0.4, -0.2) is 97.5 Å². The third-order valence-electron chi connectivity index (χ3n) is 11.7. The molecule has 1 fully saturated rings. The van der Waals surface area contributed by atoms with E-state index < -0.39 is 59.8 Å². The number of hydrogen-bond donors (Lipinski definition) is 4. The molecule has 0 aliphatic carbocycles. The zero-order valence-corrected chi connectivity index (χ0v) is 39.1. The number of rotatable bonds is 44. The third-order valence-corrected chi connectivity index (χ3v) is 12.2. The first-order valence-electron chi connectivity index (χ1n) is 24.8. The molecule has 1 saturated heterocycles. The van der Waals surface area contributed by atoms with E-state index in [0.717, 1.165) is 38.5 Å². The molecule has 13 heteroatoms. The molecule has 1 aliphatic heterocycles. The smallest absolute Gasteiger partial charge is 0.397 e. The highest BCUT2D eigenvalue weighted by Crippen LogP contribution is 2.26. The normalized spacial score (nSPS) is 20.1. The molecule has 60 heavy (non-hydrogen) atoms. The Morgan fingerprint density at radius 3 is 1.33 bits per heavy atom. The summed E-state index contributed by atoms with van der Waals surface area (Å²) in [6.07, 6.45) is 32.7. The van der Waals surface area contributed by atoms with E-state index in [1.54, 1.807) is 0 Å². The molecule has 358 valence electrons. The lowest BCUT2D eigenvalue weighted by molar-refractivity contribution is -0.301. The molecule has 6 atom stereocenters. The second-order valence-electron chi connectivity index (χ2n) is 17.4. The standard InChI is InChI=1S/C47H92O12S/c1-3-5-7-9-11-13-15-17-19-20-21-22-24-26-28-30-32-34-36-43(49)57-41(40-56-47-45(51)46(59-60(52,53)54)44(50)42(38-48)58-47)39-55-37-35-33-31-29-27-25-23-18-16-14-12-10-8-6-4-2/h41-42,44-48,50-51H,3-40H2,1-2H3,(H,52,53,54). The predicted molar refractivity (Wildman–Crippen MR) is 239 cm³/mol. The van der Waals surface area contributed by atoms with Gasteiger partial charge < -0.3 is 34.3 Å². The molecular formula is C47H92O12S. The molecule has 0 amide bonds.